The number of terminal acetylenes is 1. The summed E-state index contributed by atoms with van der Waals surface area (Å²) >= 11 is 0. The van der Waals surface area contributed by atoms with E-state index in [0.717, 1.165) is 0 Å². The van der Waals surface area contributed by atoms with Crippen molar-refractivity contribution < 1.29 is 4.42 Å². The second kappa shape index (κ2) is 1.63. The predicted molar refractivity (Wildman–Crippen MR) is 31.1 cm³/mol. The molecule has 0 saturated carbocycles. The second-order valence-corrected chi connectivity index (χ2v) is 1.35. The highest BCUT2D eigenvalue weighted by Gasteiger charge is 1.93. The molecule has 8 heavy (non-hydrogen) atoms. The maximum atomic E-state index is 5.31. The van der Waals surface area contributed by atoms with E-state index < -0.39 is 0 Å². The van der Waals surface area contributed by atoms with E-state index >= 15 is 0 Å². The molecule has 1 rings (SSSR count). The van der Waals surface area contributed by atoms with E-state index in [1.165, 1.54) is 6.26 Å². The van der Waals surface area contributed by atoms with Crippen LogP contribution in [0.4, 0.5) is 5.69 Å². The average Bonchev–Trinajstić information content (AvgIpc) is 2.14. The summed E-state index contributed by atoms with van der Waals surface area (Å²) in [7, 11) is 0. The van der Waals surface area contributed by atoms with Crippen molar-refractivity contribution in [2.75, 3.05) is 5.73 Å². The number of nitrogen functional groups attached to an aromatic ring is 1. The van der Waals surface area contributed by atoms with Crippen LogP contribution in [0.25, 0.3) is 0 Å². The van der Waals surface area contributed by atoms with Gasteiger partial charge in [-0.1, -0.05) is 0 Å². The lowest BCUT2D eigenvalue weighted by Gasteiger charge is -1.79. The van der Waals surface area contributed by atoms with E-state index in [4.69, 9.17) is 16.6 Å². The molecule has 0 fully saturated rings. The monoisotopic (exact) mass is 107 g/mol. The zero-order valence-electron chi connectivity index (χ0n) is 4.22. The summed E-state index contributed by atoms with van der Waals surface area (Å²) in [5, 5.41) is 0. The van der Waals surface area contributed by atoms with Crippen LogP contribution in [0.15, 0.2) is 16.7 Å². The van der Waals surface area contributed by atoms with E-state index in [9.17, 15) is 0 Å². The smallest absolute Gasteiger partial charge is 0.199 e. The summed E-state index contributed by atoms with van der Waals surface area (Å²) in [6, 6.07) is 1.62. The molecule has 0 aliphatic heterocycles. The van der Waals surface area contributed by atoms with Crippen molar-refractivity contribution in [3.63, 3.8) is 0 Å². The maximum absolute atomic E-state index is 5.31. The Morgan fingerprint density at radius 3 is 2.75 bits per heavy atom. The summed E-state index contributed by atoms with van der Waals surface area (Å²) < 4.78 is 4.75. The Morgan fingerprint density at radius 2 is 2.50 bits per heavy atom. The molecule has 1 heterocycles. The van der Waals surface area contributed by atoms with E-state index in [1.807, 2.05) is 0 Å². The minimum Gasteiger partial charge on any atom is -0.454 e. The van der Waals surface area contributed by atoms with Gasteiger partial charge in [-0.3, -0.25) is 0 Å². The average molecular weight is 107 g/mol. The fourth-order valence-electron chi connectivity index (χ4n) is 0.436. The fourth-order valence-corrected chi connectivity index (χ4v) is 0.436. The predicted octanol–water partition coefficient (Wildman–Crippen LogP) is 0.843. The van der Waals surface area contributed by atoms with Crippen LogP contribution in [0.3, 0.4) is 0 Å². The van der Waals surface area contributed by atoms with E-state index in [-0.39, 0.29) is 0 Å². The van der Waals surface area contributed by atoms with Crippen LogP contribution < -0.4 is 5.73 Å². The van der Waals surface area contributed by atoms with Crippen LogP contribution in [0.5, 0.6) is 0 Å². The largest absolute Gasteiger partial charge is 0.454 e. The first-order valence-electron chi connectivity index (χ1n) is 2.14. The Balaban J connectivity index is 3.15. The Morgan fingerprint density at radius 1 is 1.75 bits per heavy atom. The number of hydrogen-bond donors (Lipinski definition) is 1. The number of furan rings is 1. The highest BCUT2D eigenvalue weighted by molar-refractivity contribution is 5.48. The van der Waals surface area contributed by atoms with Crippen LogP contribution in [0.2, 0.25) is 0 Å². The van der Waals surface area contributed by atoms with Crippen molar-refractivity contribution in [2.24, 2.45) is 0 Å². The van der Waals surface area contributed by atoms with Gasteiger partial charge in [-0.25, -0.2) is 0 Å². The van der Waals surface area contributed by atoms with Crippen LogP contribution in [0.1, 0.15) is 5.76 Å². The Hall–Kier alpha value is -1.36. The first-order chi connectivity index (χ1) is 3.84. The molecule has 0 bridgehead atoms. The molecule has 0 aromatic carbocycles. The van der Waals surface area contributed by atoms with Gasteiger partial charge >= 0.3 is 0 Å². The zero-order valence-corrected chi connectivity index (χ0v) is 4.22. The molecule has 2 N–H and O–H groups in total. The molecule has 40 valence electrons. The van der Waals surface area contributed by atoms with Gasteiger partial charge in [0, 0.05) is 6.07 Å². The van der Waals surface area contributed by atoms with Crippen molar-refractivity contribution in [3.8, 4) is 12.3 Å². The summed E-state index contributed by atoms with van der Waals surface area (Å²) in [6.07, 6.45) is 6.43. The fraction of sp³-hybridized carbons (Fsp3) is 0. The highest BCUT2D eigenvalue weighted by Crippen LogP contribution is 2.08. The molecular formula is C6H5NO. The van der Waals surface area contributed by atoms with Crippen LogP contribution in [0, 0.1) is 12.3 Å². The van der Waals surface area contributed by atoms with Crippen LogP contribution in [-0.2, 0) is 0 Å². The molecule has 2 heteroatoms. The lowest BCUT2D eigenvalue weighted by Crippen LogP contribution is -1.81. The molecule has 0 aliphatic carbocycles. The van der Waals surface area contributed by atoms with Gasteiger partial charge in [-0.05, 0) is 5.92 Å². The Kier molecular flexibility index (Phi) is 0.974. The van der Waals surface area contributed by atoms with Gasteiger partial charge in [-0.15, -0.1) is 6.42 Å². The lowest BCUT2D eigenvalue weighted by atomic mass is 10.4. The van der Waals surface area contributed by atoms with Crippen LogP contribution >= 0.6 is 0 Å². The molecule has 2 nitrogen and oxygen atoms in total. The van der Waals surface area contributed by atoms with E-state index in [2.05, 4.69) is 5.92 Å². The van der Waals surface area contributed by atoms with Gasteiger partial charge in [0.05, 0.1) is 12.0 Å². The third kappa shape index (κ3) is 0.543. The molecule has 0 atom stereocenters. The Bertz CT molecular complexity index is 219. The first kappa shape index (κ1) is 4.79. The van der Waals surface area contributed by atoms with Crippen molar-refractivity contribution in [1.82, 2.24) is 0 Å². The lowest BCUT2D eigenvalue weighted by molar-refractivity contribution is 0.555. The number of hydrogen-bond acceptors (Lipinski definition) is 2. The topological polar surface area (TPSA) is 39.2 Å². The third-order valence-corrected chi connectivity index (χ3v) is 0.827. The molecule has 0 saturated heterocycles. The molecule has 0 amide bonds. The number of rotatable bonds is 0. The minimum atomic E-state index is 0.407. The molecule has 0 spiro atoms. The van der Waals surface area contributed by atoms with Crippen LogP contribution in [-0.4, -0.2) is 0 Å². The van der Waals surface area contributed by atoms with Gasteiger partial charge in [0.15, 0.2) is 5.76 Å². The van der Waals surface area contributed by atoms with Gasteiger partial charge in [0.2, 0.25) is 0 Å². The molecule has 1 aromatic rings. The molecule has 0 unspecified atom stereocenters. The summed E-state index contributed by atoms with van der Waals surface area (Å²) in [5.41, 5.74) is 5.84. The van der Waals surface area contributed by atoms with Gasteiger partial charge in [0.25, 0.3) is 0 Å². The number of nitrogens with two attached hydrogens (primary N) is 1. The minimum absolute atomic E-state index is 0.407. The molecular weight excluding hydrogens is 102 g/mol. The van der Waals surface area contributed by atoms with Crippen molar-refractivity contribution >= 4 is 5.69 Å². The van der Waals surface area contributed by atoms with Crippen molar-refractivity contribution in [2.45, 2.75) is 0 Å². The molecule has 0 radical (unpaired) electrons. The van der Waals surface area contributed by atoms with E-state index in [1.54, 1.807) is 6.07 Å². The summed E-state index contributed by atoms with van der Waals surface area (Å²) in [4.78, 5) is 0. The summed E-state index contributed by atoms with van der Waals surface area (Å²) in [6.45, 7) is 0. The van der Waals surface area contributed by atoms with Gasteiger partial charge in [-0.2, -0.15) is 0 Å². The zero-order chi connectivity index (χ0) is 5.98. The van der Waals surface area contributed by atoms with Gasteiger partial charge < -0.3 is 10.2 Å². The quantitative estimate of drug-likeness (QED) is 0.499. The van der Waals surface area contributed by atoms with Gasteiger partial charge in [0.1, 0.15) is 0 Å². The third-order valence-electron chi connectivity index (χ3n) is 0.827. The summed E-state index contributed by atoms with van der Waals surface area (Å²) in [5.74, 6) is 2.69. The van der Waals surface area contributed by atoms with E-state index in [0.29, 0.717) is 11.4 Å². The maximum Gasteiger partial charge on any atom is 0.199 e. The molecule has 1 aromatic heterocycles. The van der Waals surface area contributed by atoms with Crippen molar-refractivity contribution in [1.29, 1.82) is 0 Å². The number of anilines is 1. The SMILES string of the molecule is C#Cc1occc1N. The molecule has 0 aliphatic rings. The standard InChI is InChI=1S/C6H5NO/c1-2-6-5(7)3-4-8-6/h1,3-4H,7H2. The normalized spacial score (nSPS) is 8.38. The Labute approximate surface area is 47.3 Å². The second-order valence-electron chi connectivity index (χ2n) is 1.35. The first-order valence-corrected chi connectivity index (χ1v) is 2.14. The highest BCUT2D eigenvalue weighted by atomic mass is 16.3. The van der Waals surface area contributed by atoms with Crippen molar-refractivity contribution in [3.05, 3.63) is 18.1 Å².